The quantitative estimate of drug-likeness (QED) is 0.224. The summed E-state index contributed by atoms with van der Waals surface area (Å²) >= 11 is 0. The maximum absolute atomic E-state index is 14.1. The van der Waals surface area contributed by atoms with Crippen LogP contribution in [0.1, 0.15) is 114 Å². The molecule has 2 aromatic rings. The number of rotatable bonds is 15. The molecule has 2 saturated heterocycles. The van der Waals surface area contributed by atoms with E-state index in [2.05, 4.69) is 21.0 Å². The molecule has 2 aliphatic carbocycles. The number of carbonyl (C=O) groups excluding carboxylic acids is 5. The number of amides is 5. The van der Waals surface area contributed by atoms with E-state index in [0.717, 1.165) is 64.2 Å². The van der Waals surface area contributed by atoms with E-state index in [1.54, 1.807) is 9.80 Å². The van der Waals surface area contributed by atoms with Gasteiger partial charge in [0.25, 0.3) is 11.8 Å². The number of hydrogen-bond donors (Lipinski definition) is 3. The second-order valence-electron chi connectivity index (χ2n) is 15.3. The van der Waals surface area contributed by atoms with Crippen molar-refractivity contribution in [2.24, 2.45) is 5.92 Å². The van der Waals surface area contributed by atoms with Crippen molar-refractivity contribution in [2.75, 3.05) is 32.8 Å². The highest BCUT2D eigenvalue weighted by Gasteiger charge is 2.37. The fourth-order valence-corrected chi connectivity index (χ4v) is 7.93. The highest BCUT2D eigenvalue weighted by Crippen LogP contribution is 2.29. The Morgan fingerprint density at radius 3 is 2.30 bits per heavy atom. The topological polar surface area (TPSA) is 164 Å². The number of benzene rings is 1. The van der Waals surface area contributed by atoms with Gasteiger partial charge in [0.2, 0.25) is 17.7 Å². The van der Waals surface area contributed by atoms with Crippen LogP contribution in [-0.2, 0) is 19.1 Å². The Hall–Kier alpha value is -4.62. The molecular weight excluding hydrogens is 690 g/mol. The number of likely N-dealkylation sites (tertiary alicyclic amines) is 2. The predicted octanol–water partition coefficient (Wildman–Crippen LogP) is 4.50. The van der Waals surface area contributed by atoms with Crippen LogP contribution in [0.15, 0.2) is 36.4 Å². The Bertz CT molecular complexity index is 1580. The van der Waals surface area contributed by atoms with E-state index in [0.29, 0.717) is 63.5 Å². The molecule has 2 saturated carbocycles. The maximum atomic E-state index is 14.1. The van der Waals surface area contributed by atoms with Crippen LogP contribution in [0.3, 0.4) is 0 Å². The average molecular weight is 748 g/mol. The third-order valence-corrected chi connectivity index (χ3v) is 11.3. The third-order valence-electron chi connectivity index (χ3n) is 11.3. The van der Waals surface area contributed by atoms with Crippen molar-refractivity contribution in [3.05, 3.63) is 42.1 Å². The van der Waals surface area contributed by atoms with Gasteiger partial charge >= 0.3 is 6.09 Å². The largest absolute Gasteiger partial charge is 0.467 e. The number of nitrogens with one attached hydrogen (secondary N) is 3. The number of piperidine rings is 1. The Morgan fingerprint density at radius 1 is 0.852 bits per heavy atom. The Kier molecular flexibility index (Phi) is 13.8. The van der Waals surface area contributed by atoms with Gasteiger partial charge in [0.15, 0.2) is 12.3 Å². The lowest BCUT2D eigenvalue weighted by atomic mass is 9.84. The van der Waals surface area contributed by atoms with Crippen LogP contribution >= 0.6 is 0 Å². The molecule has 0 spiro atoms. The number of alkyl carbamates (subject to hydrolysis) is 1. The first-order valence-electron chi connectivity index (χ1n) is 20.2. The van der Waals surface area contributed by atoms with Crippen molar-refractivity contribution in [3.8, 4) is 11.6 Å². The van der Waals surface area contributed by atoms with Crippen molar-refractivity contribution in [2.45, 2.75) is 127 Å². The van der Waals surface area contributed by atoms with E-state index in [1.807, 2.05) is 37.3 Å². The first kappa shape index (κ1) is 39.1. The molecule has 1 aromatic carbocycles. The minimum Gasteiger partial charge on any atom is -0.467 e. The number of unbranched alkanes of at least 4 members (excludes halogenated alkanes) is 1. The molecule has 14 heteroatoms. The van der Waals surface area contributed by atoms with E-state index in [4.69, 9.17) is 9.47 Å². The first-order chi connectivity index (χ1) is 26.3. The first-order valence-corrected chi connectivity index (χ1v) is 20.2. The number of para-hydroxylation sites is 1. The summed E-state index contributed by atoms with van der Waals surface area (Å²) in [6.45, 7) is 3.51. The molecule has 0 radical (unpaired) electrons. The highest BCUT2D eigenvalue weighted by atomic mass is 16.5. The Morgan fingerprint density at radius 2 is 1.59 bits per heavy atom. The van der Waals surface area contributed by atoms with Crippen molar-refractivity contribution in [1.82, 2.24) is 35.5 Å². The second kappa shape index (κ2) is 19.1. The fraction of sp³-hybridized carbons (Fsp3) is 0.650. The van der Waals surface area contributed by atoms with Crippen molar-refractivity contribution >= 4 is 29.7 Å². The van der Waals surface area contributed by atoms with Gasteiger partial charge in [-0.25, -0.2) is 9.48 Å². The molecule has 2 atom stereocenters. The van der Waals surface area contributed by atoms with Crippen LogP contribution in [0, 0.1) is 5.92 Å². The highest BCUT2D eigenvalue weighted by molar-refractivity contribution is 5.96. The molecule has 6 rings (SSSR count). The van der Waals surface area contributed by atoms with E-state index in [9.17, 15) is 24.0 Å². The van der Waals surface area contributed by atoms with Gasteiger partial charge < -0.3 is 35.2 Å². The molecular formula is C40H57N7O7. The SMILES string of the molecule is CCCCOC(=O)NC1CCN(C(=O)C(CC2CCCCC2)NC(=O)c2cc(OCC(=O)N3CCCC3C(=O)NC3CCC3)n(-c3ccccc3)n2)CC1. The summed E-state index contributed by atoms with van der Waals surface area (Å²) in [5.74, 6) is -0.537. The molecule has 14 nitrogen and oxygen atoms in total. The van der Waals surface area contributed by atoms with Crippen LogP contribution in [0.5, 0.6) is 5.88 Å². The summed E-state index contributed by atoms with van der Waals surface area (Å²) in [4.78, 5) is 70.0. The Labute approximate surface area is 318 Å². The van der Waals surface area contributed by atoms with Crippen LogP contribution < -0.4 is 20.7 Å². The molecule has 54 heavy (non-hydrogen) atoms. The zero-order valence-corrected chi connectivity index (χ0v) is 31.6. The van der Waals surface area contributed by atoms with E-state index in [1.165, 1.54) is 17.2 Å². The third kappa shape index (κ3) is 10.3. The van der Waals surface area contributed by atoms with Gasteiger partial charge in [-0.15, -0.1) is 0 Å². The van der Waals surface area contributed by atoms with Gasteiger partial charge in [0.1, 0.15) is 12.1 Å². The molecule has 3 heterocycles. The van der Waals surface area contributed by atoms with Gasteiger partial charge in [-0.2, -0.15) is 5.10 Å². The molecule has 5 amide bonds. The van der Waals surface area contributed by atoms with Crippen LogP contribution in [0.25, 0.3) is 5.69 Å². The maximum Gasteiger partial charge on any atom is 0.407 e. The molecule has 0 bridgehead atoms. The summed E-state index contributed by atoms with van der Waals surface area (Å²) in [6.07, 6.45) is 12.9. The molecule has 294 valence electrons. The molecule has 1 aromatic heterocycles. The van der Waals surface area contributed by atoms with Crippen molar-refractivity contribution in [3.63, 3.8) is 0 Å². The standard InChI is InChI=1S/C40H57N7O7/c1-2-3-24-53-40(52)42-30-19-22-45(23-20-30)39(51)33(25-28-12-6-4-7-13-28)43-37(49)32-26-36(47(44-32)31-16-8-5-9-17-31)54-27-35(48)46-21-11-18-34(46)38(50)41-29-14-10-15-29/h5,8-9,16-17,26,28-30,33-34H,2-4,6-7,10-15,18-25,27H2,1H3,(H,41,50)(H,42,52)(H,43,49). The number of hydrogen-bond acceptors (Lipinski definition) is 8. The van der Waals surface area contributed by atoms with Gasteiger partial charge in [-0.3, -0.25) is 19.2 Å². The van der Waals surface area contributed by atoms with E-state index < -0.39 is 24.1 Å². The number of ether oxygens (including phenoxy) is 2. The van der Waals surface area contributed by atoms with Crippen LogP contribution in [-0.4, -0.2) is 106 Å². The zero-order chi connectivity index (χ0) is 37.9. The molecule has 2 aliphatic heterocycles. The molecule has 3 N–H and O–H groups in total. The lowest BCUT2D eigenvalue weighted by Crippen LogP contribution is -2.53. The number of nitrogens with zero attached hydrogens (tertiary/aromatic N) is 4. The Balaban J connectivity index is 1.12. The van der Waals surface area contributed by atoms with E-state index >= 15 is 0 Å². The lowest BCUT2D eigenvalue weighted by Gasteiger charge is -2.35. The number of carbonyl (C=O) groups is 5. The van der Waals surface area contributed by atoms with E-state index in [-0.39, 0.29) is 48.0 Å². The van der Waals surface area contributed by atoms with Gasteiger partial charge in [-0.05, 0) is 75.8 Å². The van der Waals surface area contributed by atoms with Gasteiger partial charge in [-0.1, -0.05) is 63.6 Å². The predicted molar refractivity (Wildman–Crippen MR) is 201 cm³/mol. The van der Waals surface area contributed by atoms with Crippen LogP contribution in [0.4, 0.5) is 4.79 Å². The molecule has 4 fully saturated rings. The summed E-state index contributed by atoms with van der Waals surface area (Å²) in [5, 5.41) is 13.6. The minimum absolute atomic E-state index is 0.0613. The van der Waals surface area contributed by atoms with Crippen molar-refractivity contribution in [1.29, 1.82) is 0 Å². The van der Waals surface area contributed by atoms with Crippen LogP contribution in [0.2, 0.25) is 0 Å². The summed E-state index contributed by atoms with van der Waals surface area (Å²) in [5.41, 5.74) is 0.699. The summed E-state index contributed by atoms with van der Waals surface area (Å²) in [6, 6.07) is 9.55. The minimum atomic E-state index is -0.741. The molecule has 4 aliphatic rings. The molecule has 2 unspecified atom stereocenters. The van der Waals surface area contributed by atoms with Gasteiger partial charge in [0.05, 0.1) is 12.3 Å². The van der Waals surface area contributed by atoms with Crippen molar-refractivity contribution < 1.29 is 33.4 Å². The number of aromatic nitrogens is 2. The summed E-state index contributed by atoms with van der Waals surface area (Å²) in [7, 11) is 0. The normalized spacial score (nSPS) is 20.1. The average Bonchev–Trinajstić information content (AvgIpc) is 3.85. The second-order valence-corrected chi connectivity index (χ2v) is 15.3. The summed E-state index contributed by atoms with van der Waals surface area (Å²) < 4.78 is 12.8. The zero-order valence-electron chi connectivity index (χ0n) is 31.6. The van der Waals surface area contributed by atoms with Gasteiger partial charge in [0, 0.05) is 37.8 Å². The smallest absolute Gasteiger partial charge is 0.407 e. The lowest BCUT2D eigenvalue weighted by molar-refractivity contribution is -0.140. The monoisotopic (exact) mass is 747 g/mol. The fourth-order valence-electron chi connectivity index (χ4n) is 7.93.